The van der Waals surface area contributed by atoms with E-state index in [2.05, 4.69) is 35.4 Å². The van der Waals surface area contributed by atoms with Crippen molar-refractivity contribution in [1.82, 2.24) is 15.2 Å². The van der Waals surface area contributed by atoms with Crippen LogP contribution in [0.25, 0.3) is 0 Å². The average Bonchev–Trinajstić information content (AvgIpc) is 2.63. The number of hydrogen-bond acceptors (Lipinski definition) is 2. The first kappa shape index (κ1) is 11.3. The minimum Gasteiger partial charge on any atom is -0.367 e. The minimum atomic E-state index is 0.978. The first-order valence-corrected chi connectivity index (χ1v) is 5.26. The standard InChI is InChI=1S/C11H21N3/c1-14(2)8-4-3-6-12-9-11-5-7-13-10-11/h5,7,10,12-13H,3-4,6,8-9H2,1-2H3. The van der Waals surface area contributed by atoms with Crippen molar-refractivity contribution in [3.8, 4) is 0 Å². The molecule has 3 heteroatoms. The van der Waals surface area contributed by atoms with Crippen molar-refractivity contribution in [2.24, 2.45) is 0 Å². The van der Waals surface area contributed by atoms with Crippen LogP contribution in [0.4, 0.5) is 0 Å². The van der Waals surface area contributed by atoms with Gasteiger partial charge in [0.1, 0.15) is 0 Å². The summed E-state index contributed by atoms with van der Waals surface area (Å²) in [6, 6.07) is 2.10. The lowest BCUT2D eigenvalue weighted by Gasteiger charge is -2.08. The Hall–Kier alpha value is -0.800. The third-order valence-electron chi connectivity index (χ3n) is 2.20. The molecule has 0 aromatic carbocycles. The number of rotatable bonds is 7. The summed E-state index contributed by atoms with van der Waals surface area (Å²) in [5.41, 5.74) is 1.33. The molecule has 1 aromatic rings. The molecule has 2 N–H and O–H groups in total. The number of hydrogen-bond donors (Lipinski definition) is 2. The van der Waals surface area contributed by atoms with Crippen molar-refractivity contribution in [2.45, 2.75) is 19.4 Å². The second-order valence-electron chi connectivity index (χ2n) is 3.91. The molecule has 80 valence electrons. The normalized spacial score (nSPS) is 11.1. The zero-order valence-corrected chi connectivity index (χ0v) is 9.21. The lowest BCUT2D eigenvalue weighted by molar-refractivity contribution is 0.391. The third-order valence-corrected chi connectivity index (χ3v) is 2.20. The van der Waals surface area contributed by atoms with Crippen LogP contribution in [-0.2, 0) is 6.54 Å². The van der Waals surface area contributed by atoms with Gasteiger partial charge in [0.25, 0.3) is 0 Å². The lowest BCUT2D eigenvalue weighted by Crippen LogP contribution is -2.17. The fourth-order valence-corrected chi connectivity index (χ4v) is 1.38. The Labute approximate surface area is 86.5 Å². The van der Waals surface area contributed by atoms with Crippen molar-refractivity contribution in [1.29, 1.82) is 0 Å². The van der Waals surface area contributed by atoms with E-state index in [9.17, 15) is 0 Å². The Morgan fingerprint density at radius 3 is 2.86 bits per heavy atom. The van der Waals surface area contributed by atoms with Crippen LogP contribution in [0.15, 0.2) is 18.5 Å². The molecule has 0 saturated heterocycles. The zero-order chi connectivity index (χ0) is 10.2. The molecule has 0 aliphatic carbocycles. The molecule has 1 aromatic heterocycles. The van der Waals surface area contributed by atoms with Crippen molar-refractivity contribution in [2.75, 3.05) is 27.2 Å². The van der Waals surface area contributed by atoms with Crippen LogP contribution in [-0.4, -0.2) is 37.1 Å². The summed E-state index contributed by atoms with van der Waals surface area (Å²) in [4.78, 5) is 5.28. The van der Waals surface area contributed by atoms with Gasteiger partial charge in [-0.2, -0.15) is 0 Å². The lowest BCUT2D eigenvalue weighted by atomic mass is 10.3. The van der Waals surface area contributed by atoms with Gasteiger partial charge < -0.3 is 15.2 Å². The fraction of sp³-hybridized carbons (Fsp3) is 0.636. The number of nitrogens with zero attached hydrogens (tertiary/aromatic N) is 1. The summed E-state index contributed by atoms with van der Waals surface area (Å²) in [6.07, 6.45) is 6.52. The van der Waals surface area contributed by atoms with Gasteiger partial charge >= 0.3 is 0 Å². The predicted molar refractivity (Wildman–Crippen MR) is 60.3 cm³/mol. The second kappa shape index (κ2) is 6.62. The van der Waals surface area contributed by atoms with Gasteiger partial charge in [-0.1, -0.05) is 0 Å². The fourth-order valence-electron chi connectivity index (χ4n) is 1.38. The molecule has 3 nitrogen and oxygen atoms in total. The highest BCUT2D eigenvalue weighted by atomic mass is 15.0. The van der Waals surface area contributed by atoms with Crippen LogP contribution >= 0.6 is 0 Å². The predicted octanol–water partition coefficient (Wildman–Crippen LogP) is 1.45. The number of nitrogens with one attached hydrogen (secondary N) is 2. The second-order valence-corrected chi connectivity index (χ2v) is 3.91. The van der Waals surface area contributed by atoms with E-state index >= 15 is 0 Å². The zero-order valence-electron chi connectivity index (χ0n) is 9.21. The topological polar surface area (TPSA) is 31.1 Å². The molecule has 0 spiro atoms. The van der Waals surface area contributed by atoms with E-state index < -0.39 is 0 Å². The first-order valence-electron chi connectivity index (χ1n) is 5.26. The van der Waals surface area contributed by atoms with Crippen LogP contribution < -0.4 is 5.32 Å². The van der Waals surface area contributed by atoms with E-state index in [4.69, 9.17) is 0 Å². The summed E-state index contributed by atoms with van der Waals surface area (Å²) in [6.45, 7) is 3.27. The molecule has 0 radical (unpaired) electrons. The van der Waals surface area contributed by atoms with Gasteiger partial charge in [0.2, 0.25) is 0 Å². The Morgan fingerprint density at radius 1 is 1.36 bits per heavy atom. The Bertz CT molecular complexity index is 216. The highest BCUT2D eigenvalue weighted by Crippen LogP contribution is 1.95. The third kappa shape index (κ3) is 5.04. The van der Waals surface area contributed by atoms with Gasteiger partial charge in [-0.25, -0.2) is 0 Å². The summed E-state index contributed by atoms with van der Waals surface area (Å²) in [5.74, 6) is 0. The average molecular weight is 195 g/mol. The molecule has 0 saturated carbocycles. The van der Waals surface area contributed by atoms with E-state index in [-0.39, 0.29) is 0 Å². The van der Waals surface area contributed by atoms with Crippen LogP contribution in [0.1, 0.15) is 18.4 Å². The molecular formula is C11H21N3. The molecule has 0 atom stereocenters. The molecule has 1 rings (SSSR count). The molecular weight excluding hydrogens is 174 g/mol. The van der Waals surface area contributed by atoms with Crippen molar-refractivity contribution in [3.63, 3.8) is 0 Å². The smallest absolute Gasteiger partial charge is 0.0220 e. The Balaban J connectivity index is 1.90. The van der Waals surface area contributed by atoms with Gasteiger partial charge in [0, 0.05) is 18.9 Å². The van der Waals surface area contributed by atoms with Crippen LogP contribution in [0.3, 0.4) is 0 Å². The van der Waals surface area contributed by atoms with E-state index in [1.165, 1.54) is 24.9 Å². The molecule has 0 bridgehead atoms. The van der Waals surface area contributed by atoms with Crippen molar-refractivity contribution >= 4 is 0 Å². The molecule has 0 unspecified atom stereocenters. The van der Waals surface area contributed by atoms with Crippen LogP contribution in [0, 0.1) is 0 Å². The van der Waals surface area contributed by atoms with Gasteiger partial charge in [-0.15, -0.1) is 0 Å². The number of H-pyrrole nitrogens is 1. The highest BCUT2D eigenvalue weighted by molar-refractivity contribution is 5.07. The van der Waals surface area contributed by atoms with E-state index in [0.717, 1.165) is 13.1 Å². The molecule has 0 aliphatic heterocycles. The summed E-state index contributed by atoms with van der Waals surface area (Å²) in [7, 11) is 4.24. The van der Waals surface area contributed by atoms with E-state index in [1.807, 2.05) is 12.4 Å². The van der Waals surface area contributed by atoms with Crippen LogP contribution in [0.5, 0.6) is 0 Å². The largest absolute Gasteiger partial charge is 0.367 e. The Kier molecular flexibility index (Phi) is 5.33. The monoisotopic (exact) mass is 195 g/mol. The Morgan fingerprint density at radius 2 is 2.21 bits per heavy atom. The first-order chi connectivity index (χ1) is 6.79. The van der Waals surface area contributed by atoms with Gasteiger partial charge in [0.05, 0.1) is 0 Å². The molecule has 0 amide bonds. The SMILES string of the molecule is CN(C)CCCCNCc1cc[nH]c1. The molecule has 0 fully saturated rings. The number of unbranched alkanes of at least 4 members (excludes halogenated alkanes) is 1. The maximum atomic E-state index is 3.42. The quantitative estimate of drug-likeness (QED) is 0.645. The molecule has 14 heavy (non-hydrogen) atoms. The highest BCUT2D eigenvalue weighted by Gasteiger charge is 1.93. The maximum absolute atomic E-state index is 3.42. The summed E-state index contributed by atoms with van der Waals surface area (Å²) in [5, 5.41) is 3.42. The number of aromatic nitrogens is 1. The van der Waals surface area contributed by atoms with E-state index in [1.54, 1.807) is 0 Å². The van der Waals surface area contributed by atoms with Gasteiger partial charge in [-0.05, 0) is 51.7 Å². The van der Waals surface area contributed by atoms with Crippen molar-refractivity contribution in [3.05, 3.63) is 24.0 Å². The number of aromatic amines is 1. The van der Waals surface area contributed by atoms with Gasteiger partial charge in [0.15, 0.2) is 0 Å². The summed E-state index contributed by atoms with van der Waals surface area (Å²) >= 11 is 0. The molecule has 0 aliphatic rings. The minimum absolute atomic E-state index is 0.978. The van der Waals surface area contributed by atoms with Gasteiger partial charge in [-0.3, -0.25) is 0 Å². The summed E-state index contributed by atoms with van der Waals surface area (Å²) < 4.78 is 0. The van der Waals surface area contributed by atoms with E-state index in [0.29, 0.717) is 0 Å². The van der Waals surface area contributed by atoms with Crippen LogP contribution in [0.2, 0.25) is 0 Å². The van der Waals surface area contributed by atoms with Crippen molar-refractivity contribution < 1.29 is 0 Å². The maximum Gasteiger partial charge on any atom is 0.0220 e. The molecule has 1 heterocycles.